The minimum Gasteiger partial charge on any atom is -0.493 e. The summed E-state index contributed by atoms with van der Waals surface area (Å²) < 4.78 is 22.4. The number of carbonyl (C=O) groups is 1. The average Bonchev–Trinajstić information content (AvgIpc) is 2.60. The summed E-state index contributed by atoms with van der Waals surface area (Å²) in [4.78, 5) is 12.0. The molecule has 0 aromatic heterocycles. The number of allylic oxidation sites excluding steroid dienone is 2. The van der Waals surface area contributed by atoms with E-state index in [1.807, 2.05) is 19.9 Å². The Bertz CT molecular complexity index is 811. The van der Waals surface area contributed by atoms with E-state index in [-0.39, 0.29) is 0 Å². The highest BCUT2D eigenvalue weighted by Crippen LogP contribution is 2.45. The van der Waals surface area contributed by atoms with Crippen LogP contribution in [0.5, 0.6) is 17.2 Å². The quantitative estimate of drug-likeness (QED) is 0.542. The second kappa shape index (κ2) is 7.57. The molecule has 0 aliphatic carbocycles. The Morgan fingerprint density at radius 2 is 1.79 bits per heavy atom. The minimum absolute atomic E-state index is 0.386. The highest BCUT2D eigenvalue weighted by molar-refractivity contribution is 9.10. The van der Waals surface area contributed by atoms with Crippen LogP contribution >= 0.6 is 15.9 Å². The van der Waals surface area contributed by atoms with E-state index in [1.165, 1.54) is 7.11 Å². The van der Waals surface area contributed by atoms with E-state index < -0.39 is 5.97 Å². The van der Waals surface area contributed by atoms with Crippen molar-refractivity contribution >= 4 is 32.7 Å². The fraction of sp³-hybridized carbons (Fsp3) is 0.278. The Morgan fingerprint density at radius 1 is 1.08 bits per heavy atom. The van der Waals surface area contributed by atoms with Crippen molar-refractivity contribution in [3.63, 3.8) is 0 Å². The van der Waals surface area contributed by atoms with Gasteiger partial charge in [-0.2, -0.15) is 0 Å². The van der Waals surface area contributed by atoms with Gasteiger partial charge < -0.3 is 18.9 Å². The molecule has 2 aromatic rings. The van der Waals surface area contributed by atoms with Crippen molar-refractivity contribution in [3.8, 4) is 17.2 Å². The predicted molar refractivity (Wildman–Crippen MR) is 96.2 cm³/mol. The van der Waals surface area contributed by atoms with Gasteiger partial charge in [-0.3, -0.25) is 0 Å². The number of benzene rings is 2. The van der Waals surface area contributed by atoms with Gasteiger partial charge in [-0.15, -0.1) is 0 Å². The highest BCUT2D eigenvalue weighted by atomic mass is 79.9. The molecule has 0 aliphatic heterocycles. The van der Waals surface area contributed by atoms with Gasteiger partial charge in [0.15, 0.2) is 11.5 Å². The molecule has 2 aromatic carbocycles. The number of halogens is 1. The molecule has 0 bridgehead atoms. The zero-order valence-corrected chi connectivity index (χ0v) is 15.8. The van der Waals surface area contributed by atoms with E-state index in [0.717, 1.165) is 9.86 Å². The van der Waals surface area contributed by atoms with E-state index in [0.29, 0.717) is 34.0 Å². The summed E-state index contributed by atoms with van der Waals surface area (Å²) in [6, 6.07) is 5.15. The first-order valence-electron chi connectivity index (χ1n) is 7.24. The Labute approximate surface area is 149 Å². The van der Waals surface area contributed by atoms with Crippen LogP contribution in [0.3, 0.4) is 0 Å². The molecule has 0 saturated heterocycles. The van der Waals surface area contributed by atoms with Gasteiger partial charge in [0.2, 0.25) is 0 Å². The Kier molecular flexibility index (Phi) is 5.72. The fourth-order valence-corrected chi connectivity index (χ4v) is 2.84. The van der Waals surface area contributed by atoms with Gasteiger partial charge in [0.05, 0.1) is 38.0 Å². The zero-order chi connectivity index (χ0) is 17.9. The number of ether oxygens (including phenoxy) is 4. The maximum atomic E-state index is 12.0. The van der Waals surface area contributed by atoms with E-state index in [9.17, 15) is 4.79 Å². The molecule has 0 atom stereocenters. The van der Waals surface area contributed by atoms with Crippen LogP contribution in [0.2, 0.25) is 0 Å². The Morgan fingerprint density at radius 3 is 2.33 bits per heavy atom. The molecular formula is C18H19BrO5. The van der Waals surface area contributed by atoms with Crippen LogP contribution in [-0.2, 0) is 4.74 Å². The van der Waals surface area contributed by atoms with E-state index in [4.69, 9.17) is 18.9 Å². The van der Waals surface area contributed by atoms with Crippen molar-refractivity contribution in [2.75, 3.05) is 21.3 Å². The lowest BCUT2D eigenvalue weighted by molar-refractivity contribution is 0.0600. The summed E-state index contributed by atoms with van der Waals surface area (Å²) in [5.74, 6) is 1.83. The SMILES string of the molecule is CC=C(C)Oc1cc(C(=O)OC)cc2c(Br)cc(OC)c(OC)c12. The van der Waals surface area contributed by atoms with E-state index in [1.54, 1.807) is 32.4 Å². The molecule has 2 rings (SSSR count). The Balaban J connectivity index is 2.90. The molecular weight excluding hydrogens is 376 g/mol. The molecule has 0 fully saturated rings. The first-order chi connectivity index (χ1) is 11.5. The third-order valence-corrected chi connectivity index (χ3v) is 4.25. The number of rotatable bonds is 5. The van der Waals surface area contributed by atoms with Gasteiger partial charge in [0.25, 0.3) is 0 Å². The van der Waals surface area contributed by atoms with Crippen molar-refractivity contribution in [3.05, 3.63) is 40.1 Å². The summed E-state index contributed by atoms with van der Waals surface area (Å²) >= 11 is 3.52. The van der Waals surface area contributed by atoms with Crippen LogP contribution < -0.4 is 14.2 Å². The second-order valence-electron chi connectivity index (χ2n) is 4.98. The maximum Gasteiger partial charge on any atom is 0.338 e. The lowest BCUT2D eigenvalue weighted by atomic mass is 10.0. The second-order valence-corrected chi connectivity index (χ2v) is 5.84. The molecule has 0 N–H and O–H groups in total. The molecule has 0 amide bonds. The van der Waals surface area contributed by atoms with Crippen molar-refractivity contribution < 1.29 is 23.7 Å². The molecule has 24 heavy (non-hydrogen) atoms. The van der Waals surface area contributed by atoms with Crippen molar-refractivity contribution in [2.45, 2.75) is 13.8 Å². The molecule has 0 unspecified atom stereocenters. The summed E-state index contributed by atoms with van der Waals surface area (Å²) in [6.45, 7) is 3.70. The normalized spacial score (nSPS) is 11.3. The van der Waals surface area contributed by atoms with Gasteiger partial charge in [0.1, 0.15) is 5.75 Å². The number of hydrogen-bond donors (Lipinski definition) is 0. The maximum absolute atomic E-state index is 12.0. The third-order valence-electron chi connectivity index (χ3n) is 3.59. The summed E-state index contributed by atoms with van der Waals surface area (Å²) in [7, 11) is 4.47. The van der Waals surface area contributed by atoms with Crippen LogP contribution in [0.1, 0.15) is 24.2 Å². The van der Waals surface area contributed by atoms with Gasteiger partial charge in [0, 0.05) is 9.86 Å². The smallest absolute Gasteiger partial charge is 0.338 e. The summed E-state index contributed by atoms with van der Waals surface area (Å²) in [6.07, 6.45) is 1.83. The first-order valence-corrected chi connectivity index (χ1v) is 8.03. The summed E-state index contributed by atoms with van der Waals surface area (Å²) in [5.41, 5.74) is 0.386. The first kappa shape index (κ1) is 18.1. The zero-order valence-electron chi connectivity index (χ0n) is 14.2. The number of esters is 1. The molecule has 0 radical (unpaired) electrons. The molecule has 0 spiro atoms. The highest BCUT2D eigenvalue weighted by Gasteiger charge is 2.20. The van der Waals surface area contributed by atoms with Gasteiger partial charge >= 0.3 is 5.97 Å². The Hall–Kier alpha value is -2.21. The third kappa shape index (κ3) is 3.33. The number of fused-ring (bicyclic) bond motifs is 1. The molecule has 128 valence electrons. The van der Waals surface area contributed by atoms with E-state index in [2.05, 4.69) is 15.9 Å². The van der Waals surface area contributed by atoms with Crippen molar-refractivity contribution in [2.24, 2.45) is 0 Å². The minimum atomic E-state index is -0.443. The summed E-state index contributed by atoms with van der Waals surface area (Å²) in [5, 5.41) is 1.46. The van der Waals surface area contributed by atoms with Gasteiger partial charge in [-0.05, 0) is 38.1 Å². The molecule has 5 nitrogen and oxygen atoms in total. The van der Waals surface area contributed by atoms with Crippen LogP contribution in [0, 0.1) is 0 Å². The van der Waals surface area contributed by atoms with Crippen molar-refractivity contribution in [1.29, 1.82) is 0 Å². The molecule has 0 aliphatic rings. The topological polar surface area (TPSA) is 54.0 Å². The average molecular weight is 395 g/mol. The number of hydrogen-bond acceptors (Lipinski definition) is 5. The number of methoxy groups -OCH3 is 3. The van der Waals surface area contributed by atoms with Crippen molar-refractivity contribution in [1.82, 2.24) is 0 Å². The monoisotopic (exact) mass is 394 g/mol. The molecule has 0 saturated carbocycles. The van der Waals surface area contributed by atoms with Gasteiger partial charge in [-0.25, -0.2) is 4.79 Å². The lowest BCUT2D eigenvalue weighted by Crippen LogP contribution is -2.03. The predicted octanol–water partition coefficient (Wildman–Crippen LogP) is 4.71. The molecule has 0 heterocycles. The van der Waals surface area contributed by atoms with Crippen LogP contribution in [0.25, 0.3) is 10.8 Å². The van der Waals surface area contributed by atoms with Crippen LogP contribution in [-0.4, -0.2) is 27.3 Å². The fourth-order valence-electron chi connectivity index (χ4n) is 2.32. The van der Waals surface area contributed by atoms with Gasteiger partial charge in [-0.1, -0.05) is 15.9 Å². The standard InChI is InChI=1S/C18H19BrO5/c1-6-10(2)24-14-8-11(18(20)23-5)7-12-13(19)9-15(21-3)17(22-4)16(12)14/h6-9H,1-5H3. The van der Waals surface area contributed by atoms with E-state index >= 15 is 0 Å². The van der Waals surface area contributed by atoms with Crippen LogP contribution in [0.4, 0.5) is 0 Å². The number of carbonyl (C=O) groups excluding carboxylic acids is 1. The van der Waals surface area contributed by atoms with Crippen LogP contribution in [0.15, 0.2) is 34.5 Å². The molecule has 6 heteroatoms. The largest absolute Gasteiger partial charge is 0.493 e. The lowest BCUT2D eigenvalue weighted by Gasteiger charge is -2.17.